The van der Waals surface area contributed by atoms with Crippen molar-refractivity contribution in [2.24, 2.45) is 24.8 Å². The summed E-state index contributed by atoms with van der Waals surface area (Å²) in [5.74, 6) is 3.55. The Morgan fingerprint density at radius 1 is 1.42 bits per heavy atom. The van der Waals surface area contributed by atoms with Gasteiger partial charge in [0.2, 0.25) is 0 Å². The fourth-order valence-electron chi connectivity index (χ4n) is 3.81. The van der Waals surface area contributed by atoms with E-state index in [0.717, 1.165) is 17.3 Å². The van der Waals surface area contributed by atoms with Crippen molar-refractivity contribution in [2.75, 3.05) is 0 Å². The van der Waals surface area contributed by atoms with Crippen molar-refractivity contribution in [3.05, 3.63) is 36.0 Å². The molecule has 142 valence electrons. The molecular formula is C20H29N3O2S. The molecule has 5 nitrogen and oxygen atoms in total. The summed E-state index contributed by atoms with van der Waals surface area (Å²) in [7, 11) is 1.96. The van der Waals surface area contributed by atoms with Crippen LogP contribution in [0.3, 0.4) is 0 Å². The summed E-state index contributed by atoms with van der Waals surface area (Å²) >= 11 is 1.60. The van der Waals surface area contributed by atoms with Crippen molar-refractivity contribution in [3.63, 3.8) is 0 Å². The Kier molecular flexibility index (Phi) is 6.12. The Labute approximate surface area is 159 Å². The van der Waals surface area contributed by atoms with E-state index in [2.05, 4.69) is 31.1 Å². The second-order valence-corrected chi connectivity index (χ2v) is 8.72. The van der Waals surface area contributed by atoms with E-state index < -0.39 is 0 Å². The minimum absolute atomic E-state index is 0.0945. The number of furan rings is 1. The first-order valence-corrected chi connectivity index (χ1v) is 10.4. The maximum absolute atomic E-state index is 12.7. The number of nitrogens with one attached hydrogen (secondary N) is 1. The van der Waals surface area contributed by atoms with Crippen LogP contribution in [0, 0.1) is 17.8 Å². The molecule has 6 heteroatoms. The number of carbonyl (C=O) groups is 1. The SMILES string of the molecule is CC1CCC(C(C)C)C(NC(=O)c2ccc(CSc3nccn3C)o2)C1. The summed E-state index contributed by atoms with van der Waals surface area (Å²) < 4.78 is 7.75. The highest BCUT2D eigenvalue weighted by Gasteiger charge is 2.32. The van der Waals surface area contributed by atoms with Gasteiger partial charge in [-0.15, -0.1) is 0 Å². The zero-order valence-electron chi connectivity index (χ0n) is 16.1. The van der Waals surface area contributed by atoms with Crippen LogP contribution in [0.1, 0.15) is 56.3 Å². The highest BCUT2D eigenvalue weighted by atomic mass is 32.2. The fraction of sp³-hybridized carbons (Fsp3) is 0.600. The first-order valence-electron chi connectivity index (χ1n) is 9.43. The van der Waals surface area contributed by atoms with Crippen molar-refractivity contribution in [1.82, 2.24) is 14.9 Å². The molecule has 0 spiro atoms. The summed E-state index contributed by atoms with van der Waals surface area (Å²) in [5, 5.41) is 4.17. The summed E-state index contributed by atoms with van der Waals surface area (Å²) in [6.07, 6.45) is 7.19. The lowest BCUT2D eigenvalue weighted by atomic mass is 9.74. The van der Waals surface area contributed by atoms with Crippen LogP contribution in [-0.4, -0.2) is 21.5 Å². The molecule has 3 unspecified atom stereocenters. The van der Waals surface area contributed by atoms with E-state index >= 15 is 0 Å². The molecule has 1 fully saturated rings. The topological polar surface area (TPSA) is 60.1 Å². The number of hydrogen-bond acceptors (Lipinski definition) is 4. The van der Waals surface area contributed by atoms with E-state index in [-0.39, 0.29) is 11.9 Å². The van der Waals surface area contributed by atoms with Crippen molar-refractivity contribution in [1.29, 1.82) is 0 Å². The molecule has 1 saturated carbocycles. The Hall–Kier alpha value is -1.69. The van der Waals surface area contributed by atoms with E-state index in [0.29, 0.717) is 29.3 Å². The lowest BCUT2D eigenvalue weighted by molar-refractivity contribution is 0.0839. The highest BCUT2D eigenvalue weighted by Crippen LogP contribution is 2.33. The lowest BCUT2D eigenvalue weighted by Crippen LogP contribution is -2.45. The molecule has 0 aromatic carbocycles. The molecule has 0 bridgehead atoms. The molecule has 3 atom stereocenters. The van der Waals surface area contributed by atoms with E-state index in [9.17, 15) is 4.79 Å². The number of imidazole rings is 1. The second-order valence-electron chi connectivity index (χ2n) is 7.78. The van der Waals surface area contributed by atoms with E-state index in [4.69, 9.17) is 4.42 Å². The molecule has 1 amide bonds. The molecule has 3 rings (SSSR count). The molecular weight excluding hydrogens is 346 g/mol. The molecule has 0 saturated heterocycles. The lowest BCUT2D eigenvalue weighted by Gasteiger charge is -2.37. The third-order valence-electron chi connectivity index (χ3n) is 5.34. The zero-order valence-corrected chi connectivity index (χ0v) is 16.9. The van der Waals surface area contributed by atoms with Crippen LogP contribution in [0.5, 0.6) is 0 Å². The minimum Gasteiger partial charge on any atom is -0.455 e. The van der Waals surface area contributed by atoms with Crippen molar-refractivity contribution >= 4 is 17.7 Å². The van der Waals surface area contributed by atoms with Gasteiger partial charge < -0.3 is 14.3 Å². The van der Waals surface area contributed by atoms with E-state index in [1.54, 1.807) is 24.0 Å². The normalized spacial score (nSPS) is 23.3. The quantitative estimate of drug-likeness (QED) is 0.756. The van der Waals surface area contributed by atoms with Crippen LogP contribution < -0.4 is 5.32 Å². The zero-order chi connectivity index (χ0) is 18.7. The summed E-state index contributed by atoms with van der Waals surface area (Å²) in [6, 6.07) is 3.90. The van der Waals surface area contributed by atoms with Gasteiger partial charge in [0.25, 0.3) is 5.91 Å². The van der Waals surface area contributed by atoms with Crippen LogP contribution in [0.2, 0.25) is 0 Å². The molecule has 2 heterocycles. The number of aromatic nitrogens is 2. The molecule has 26 heavy (non-hydrogen) atoms. The molecule has 2 aromatic rings. The van der Waals surface area contributed by atoms with Gasteiger partial charge in [-0.3, -0.25) is 4.79 Å². The van der Waals surface area contributed by atoms with Gasteiger partial charge in [0.15, 0.2) is 10.9 Å². The van der Waals surface area contributed by atoms with Crippen LogP contribution in [0.15, 0.2) is 34.1 Å². The van der Waals surface area contributed by atoms with Gasteiger partial charge in [-0.05, 0) is 42.7 Å². The molecule has 0 radical (unpaired) electrons. The Morgan fingerprint density at radius 2 is 2.23 bits per heavy atom. The number of thioether (sulfide) groups is 1. The average Bonchev–Trinajstić information content (AvgIpc) is 3.21. The van der Waals surface area contributed by atoms with Gasteiger partial charge in [0.05, 0.1) is 5.75 Å². The number of hydrogen-bond donors (Lipinski definition) is 1. The molecule has 1 aliphatic rings. The number of carbonyl (C=O) groups excluding carboxylic acids is 1. The van der Waals surface area contributed by atoms with E-state index in [1.165, 1.54) is 12.8 Å². The summed E-state index contributed by atoms with van der Waals surface area (Å²) in [6.45, 7) is 6.77. The molecule has 0 aliphatic heterocycles. The largest absolute Gasteiger partial charge is 0.455 e. The Morgan fingerprint density at radius 3 is 2.92 bits per heavy atom. The molecule has 2 aromatic heterocycles. The number of rotatable bonds is 6. The maximum Gasteiger partial charge on any atom is 0.287 e. The average molecular weight is 376 g/mol. The molecule has 1 N–H and O–H groups in total. The standard InChI is InChI=1S/C20H29N3O2S/c1-13(2)16-7-5-14(3)11-17(16)22-19(24)18-8-6-15(25-18)12-26-20-21-9-10-23(20)4/h6,8-10,13-14,16-17H,5,7,11-12H2,1-4H3,(H,22,24). The van der Waals surface area contributed by atoms with Gasteiger partial charge in [-0.1, -0.05) is 39.0 Å². The van der Waals surface area contributed by atoms with Crippen LogP contribution in [0.4, 0.5) is 0 Å². The number of aryl methyl sites for hydroxylation is 1. The first kappa shape index (κ1) is 19.1. The second kappa shape index (κ2) is 8.33. The van der Waals surface area contributed by atoms with Gasteiger partial charge in [-0.25, -0.2) is 4.98 Å². The molecule has 1 aliphatic carbocycles. The number of nitrogens with zero attached hydrogens (tertiary/aromatic N) is 2. The third-order valence-corrected chi connectivity index (χ3v) is 6.43. The van der Waals surface area contributed by atoms with Crippen molar-refractivity contribution < 1.29 is 9.21 Å². The summed E-state index contributed by atoms with van der Waals surface area (Å²) in [4.78, 5) is 16.9. The summed E-state index contributed by atoms with van der Waals surface area (Å²) in [5.41, 5.74) is 0. The van der Waals surface area contributed by atoms with Gasteiger partial charge in [0, 0.05) is 25.5 Å². The van der Waals surface area contributed by atoms with Crippen LogP contribution in [-0.2, 0) is 12.8 Å². The van der Waals surface area contributed by atoms with Crippen LogP contribution in [0.25, 0.3) is 0 Å². The highest BCUT2D eigenvalue weighted by molar-refractivity contribution is 7.98. The third kappa shape index (κ3) is 4.53. The van der Waals surface area contributed by atoms with Crippen LogP contribution >= 0.6 is 11.8 Å². The smallest absolute Gasteiger partial charge is 0.287 e. The van der Waals surface area contributed by atoms with Gasteiger partial charge >= 0.3 is 0 Å². The van der Waals surface area contributed by atoms with Crippen molar-refractivity contribution in [2.45, 2.75) is 57.0 Å². The monoisotopic (exact) mass is 375 g/mol. The predicted molar refractivity (Wildman–Crippen MR) is 104 cm³/mol. The fourth-order valence-corrected chi connectivity index (χ4v) is 4.64. The van der Waals surface area contributed by atoms with Crippen molar-refractivity contribution in [3.8, 4) is 0 Å². The first-order chi connectivity index (χ1) is 12.4. The van der Waals surface area contributed by atoms with Gasteiger partial charge in [-0.2, -0.15) is 0 Å². The Balaban J connectivity index is 1.59. The number of amides is 1. The Bertz CT molecular complexity index is 737. The van der Waals surface area contributed by atoms with Gasteiger partial charge in [0.1, 0.15) is 5.76 Å². The maximum atomic E-state index is 12.7. The van der Waals surface area contributed by atoms with E-state index in [1.807, 2.05) is 23.9 Å². The minimum atomic E-state index is -0.0945. The predicted octanol–water partition coefficient (Wildman–Crippen LogP) is 4.50.